The van der Waals surface area contributed by atoms with Gasteiger partial charge in [0.05, 0.1) is 11.3 Å². The largest absolute Gasteiger partial charge is 0.456 e. The standard InChI is InChI=1S/C34H31N3O3/c38-33-26-11-3-4-12-27(26)34(40-33)28-16-14-24(35-36-18-6-1-7-19-36)21-32(28)39-31-17-15-25(22-29(31)34)37-20-8-10-23-9-2-5-13-30(23)37/h2-5,9,11-17,21-22,35H,1,6-8,10,18-20H2. The van der Waals surface area contributed by atoms with Crippen LogP contribution in [0.1, 0.15) is 58.3 Å². The maximum absolute atomic E-state index is 13.3. The van der Waals surface area contributed by atoms with Crippen LogP contribution in [0.2, 0.25) is 0 Å². The fourth-order valence-electron chi connectivity index (χ4n) is 6.89. The minimum Gasteiger partial charge on any atom is -0.456 e. The number of carbonyl (C=O) groups is 1. The highest BCUT2D eigenvalue weighted by Crippen LogP contribution is 2.57. The number of ether oxygens (including phenoxy) is 2. The molecule has 200 valence electrons. The molecule has 4 heterocycles. The first-order chi connectivity index (χ1) is 19.7. The molecule has 1 spiro atoms. The first kappa shape index (κ1) is 23.6. The summed E-state index contributed by atoms with van der Waals surface area (Å²) < 4.78 is 13.0. The van der Waals surface area contributed by atoms with Crippen molar-refractivity contribution < 1.29 is 14.3 Å². The third-order valence-electron chi connectivity index (χ3n) is 8.76. The minimum absolute atomic E-state index is 0.307. The quantitative estimate of drug-likeness (QED) is 0.285. The molecule has 6 nitrogen and oxygen atoms in total. The van der Waals surface area contributed by atoms with E-state index in [-0.39, 0.29) is 5.97 Å². The lowest BCUT2D eigenvalue weighted by Gasteiger charge is -2.38. The third kappa shape index (κ3) is 3.56. The molecule has 0 bridgehead atoms. The molecule has 0 aliphatic carbocycles. The summed E-state index contributed by atoms with van der Waals surface area (Å²) in [6.07, 6.45) is 5.84. The van der Waals surface area contributed by atoms with E-state index in [2.05, 4.69) is 63.9 Å². The highest BCUT2D eigenvalue weighted by Gasteiger charge is 2.53. The molecule has 0 aromatic heterocycles. The molecule has 0 radical (unpaired) electrons. The lowest BCUT2D eigenvalue weighted by atomic mass is 9.77. The first-order valence-corrected chi connectivity index (χ1v) is 14.4. The molecule has 4 aliphatic heterocycles. The maximum Gasteiger partial charge on any atom is 0.340 e. The fraction of sp³-hybridized carbons (Fsp3) is 0.265. The fourth-order valence-corrected chi connectivity index (χ4v) is 6.89. The van der Waals surface area contributed by atoms with Gasteiger partial charge in [0, 0.05) is 53.8 Å². The zero-order valence-corrected chi connectivity index (χ0v) is 22.4. The molecule has 1 atom stereocenters. The molecule has 6 heteroatoms. The van der Waals surface area contributed by atoms with Gasteiger partial charge in [-0.2, -0.15) is 0 Å². The van der Waals surface area contributed by atoms with Gasteiger partial charge in [-0.25, -0.2) is 9.80 Å². The number of piperidine rings is 1. The van der Waals surface area contributed by atoms with Gasteiger partial charge < -0.3 is 19.8 Å². The molecular formula is C34H31N3O3. The SMILES string of the molecule is O=C1OC2(c3ccc(NN4CCCCC4)cc3Oc3ccc(N4CCCc5ccccc54)cc32)c2ccccc21. The highest BCUT2D eigenvalue weighted by atomic mass is 16.6. The molecule has 1 saturated heterocycles. The number of rotatable bonds is 3. The van der Waals surface area contributed by atoms with Crippen LogP contribution in [0.4, 0.5) is 17.1 Å². The topological polar surface area (TPSA) is 54.0 Å². The number of esters is 1. The average Bonchev–Trinajstić information content (AvgIpc) is 3.30. The maximum atomic E-state index is 13.3. The van der Waals surface area contributed by atoms with Crippen LogP contribution in [-0.4, -0.2) is 30.6 Å². The van der Waals surface area contributed by atoms with Crippen molar-refractivity contribution in [2.45, 2.75) is 37.7 Å². The Labute approximate surface area is 234 Å². The zero-order chi connectivity index (χ0) is 26.7. The second-order valence-electron chi connectivity index (χ2n) is 11.2. The van der Waals surface area contributed by atoms with E-state index >= 15 is 0 Å². The van der Waals surface area contributed by atoms with Crippen molar-refractivity contribution in [3.8, 4) is 11.5 Å². The van der Waals surface area contributed by atoms with Crippen molar-refractivity contribution in [1.82, 2.24) is 5.01 Å². The zero-order valence-electron chi connectivity index (χ0n) is 22.4. The van der Waals surface area contributed by atoms with Crippen LogP contribution >= 0.6 is 0 Å². The summed E-state index contributed by atoms with van der Waals surface area (Å²) in [7, 11) is 0. The van der Waals surface area contributed by atoms with E-state index in [1.807, 2.05) is 36.4 Å². The van der Waals surface area contributed by atoms with Crippen molar-refractivity contribution in [2.24, 2.45) is 0 Å². The minimum atomic E-state index is -1.08. The van der Waals surface area contributed by atoms with Gasteiger partial charge in [0.2, 0.25) is 0 Å². The lowest BCUT2D eigenvalue weighted by molar-refractivity contribution is 0.0224. The molecule has 0 saturated carbocycles. The van der Waals surface area contributed by atoms with Crippen LogP contribution in [0.25, 0.3) is 0 Å². The Kier molecular flexibility index (Phi) is 5.39. The van der Waals surface area contributed by atoms with E-state index < -0.39 is 5.60 Å². The molecule has 4 aliphatic rings. The predicted octanol–water partition coefficient (Wildman–Crippen LogP) is 7.15. The molecule has 1 unspecified atom stereocenters. The van der Waals surface area contributed by atoms with Gasteiger partial charge in [0.25, 0.3) is 0 Å². The molecule has 4 aromatic rings. The van der Waals surface area contributed by atoms with Crippen molar-refractivity contribution >= 4 is 23.0 Å². The predicted molar refractivity (Wildman–Crippen MR) is 156 cm³/mol. The smallest absolute Gasteiger partial charge is 0.340 e. The Hall–Kier alpha value is -4.29. The van der Waals surface area contributed by atoms with Gasteiger partial charge in [0.1, 0.15) is 11.5 Å². The van der Waals surface area contributed by atoms with Crippen LogP contribution in [0.15, 0.2) is 84.9 Å². The second-order valence-corrected chi connectivity index (χ2v) is 11.2. The molecule has 0 amide bonds. The van der Waals surface area contributed by atoms with Gasteiger partial charge in [-0.1, -0.05) is 42.8 Å². The van der Waals surface area contributed by atoms with Crippen LogP contribution in [0.5, 0.6) is 11.5 Å². The average molecular weight is 530 g/mol. The van der Waals surface area contributed by atoms with Crippen LogP contribution in [0.3, 0.4) is 0 Å². The van der Waals surface area contributed by atoms with Crippen molar-refractivity contribution in [2.75, 3.05) is 30.0 Å². The number of nitrogens with zero attached hydrogens (tertiary/aromatic N) is 2. The Bertz CT molecular complexity index is 1640. The molecule has 1 fully saturated rings. The number of anilines is 3. The van der Waals surface area contributed by atoms with Gasteiger partial charge in [-0.3, -0.25) is 0 Å². The van der Waals surface area contributed by atoms with Crippen LogP contribution < -0.4 is 15.1 Å². The summed E-state index contributed by atoms with van der Waals surface area (Å²) in [4.78, 5) is 15.7. The molecule has 1 N–H and O–H groups in total. The van der Waals surface area contributed by atoms with Gasteiger partial charge in [0.15, 0.2) is 5.60 Å². The second kappa shape index (κ2) is 9.14. The number of nitrogens with one attached hydrogen (secondary N) is 1. The number of fused-ring (bicyclic) bond motifs is 7. The van der Waals surface area contributed by atoms with E-state index in [1.165, 1.54) is 30.5 Å². The number of aryl methyl sites for hydroxylation is 1. The lowest BCUT2D eigenvalue weighted by Crippen LogP contribution is -2.35. The highest BCUT2D eigenvalue weighted by molar-refractivity contribution is 5.97. The number of benzene rings is 4. The van der Waals surface area contributed by atoms with E-state index in [0.717, 1.165) is 60.5 Å². The Morgan fingerprint density at radius 3 is 2.50 bits per heavy atom. The van der Waals surface area contributed by atoms with Crippen molar-refractivity contribution in [3.63, 3.8) is 0 Å². The normalized spacial score (nSPS) is 21.1. The van der Waals surface area contributed by atoms with Crippen molar-refractivity contribution in [3.05, 3.63) is 113 Å². The van der Waals surface area contributed by atoms with Gasteiger partial charge >= 0.3 is 5.97 Å². The third-order valence-corrected chi connectivity index (χ3v) is 8.76. The number of para-hydroxylation sites is 1. The summed E-state index contributed by atoms with van der Waals surface area (Å²) in [5, 5.41) is 2.27. The van der Waals surface area contributed by atoms with Crippen molar-refractivity contribution in [1.29, 1.82) is 0 Å². The van der Waals surface area contributed by atoms with E-state index in [9.17, 15) is 4.79 Å². The van der Waals surface area contributed by atoms with Crippen LogP contribution in [0, 0.1) is 0 Å². The number of hydrogen-bond donors (Lipinski definition) is 1. The molecule has 40 heavy (non-hydrogen) atoms. The Morgan fingerprint density at radius 2 is 1.57 bits per heavy atom. The monoisotopic (exact) mass is 529 g/mol. The molecular weight excluding hydrogens is 498 g/mol. The summed E-state index contributed by atoms with van der Waals surface area (Å²) >= 11 is 0. The van der Waals surface area contributed by atoms with E-state index in [0.29, 0.717) is 17.1 Å². The Morgan fingerprint density at radius 1 is 0.725 bits per heavy atom. The van der Waals surface area contributed by atoms with Gasteiger partial charge in [-0.05, 0) is 73.7 Å². The summed E-state index contributed by atoms with van der Waals surface area (Å²) in [5.74, 6) is 1.11. The summed E-state index contributed by atoms with van der Waals surface area (Å²) in [6, 6.07) is 28.9. The number of hydrazine groups is 1. The van der Waals surface area contributed by atoms with E-state index in [1.54, 1.807) is 0 Å². The number of hydrogen-bond acceptors (Lipinski definition) is 6. The van der Waals surface area contributed by atoms with Gasteiger partial charge in [-0.15, -0.1) is 0 Å². The first-order valence-electron chi connectivity index (χ1n) is 14.4. The summed E-state index contributed by atoms with van der Waals surface area (Å²) in [5.41, 5.74) is 10.3. The summed E-state index contributed by atoms with van der Waals surface area (Å²) in [6.45, 7) is 2.98. The Balaban J connectivity index is 1.28. The number of carbonyl (C=O) groups excluding carboxylic acids is 1. The molecule has 8 rings (SSSR count). The van der Waals surface area contributed by atoms with Crippen LogP contribution in [-0.2, 0) is 16.8 Å². The van der Waals surface area contributed by atoms with E-state index in [4.69, 9.17) is 9.47 Å². The molecule has 4 aromatic carbocycles.